The molecule has 0 saturated carbocycles. The first kappa shape index (κ1) is 20.8. The summed E-state index contributed by atoms with van der Waals surface area (Å²) >= 11 is 3.43. The molecule has 1 aromatic carbocycles. The first-order valence-corrected chi connectivity index (χ1v) is 10.8. The van der Waals surface area contributed by atoms with E-state index in [1.165, 1.54) is 0 Å². The molecule has 0 bridgehead atoms. The van der Waals surface area contributed by atoms with E-state index in [-0.39, 0.29) is 12.1 Å². The smallest absolute Gasteiger partial charge is 0.200 e. The Labute approximate surface area is 184 Å². The quantitative estimate of drug-likeness (QED) is 0.511. The van der Waals surface area contributed by atoms with Crippen molar-refractivity contribution in [3.05, 3.63) is 52.4 Å². The fourth-order valence-corrected chi connectivity index (χ4v) is 3.98. The third-order valence-electron chi connectivity index (χ3n) is 5.39. The van der Waals surface area contributed by atoms with Crippen molar-refractivity contribution in [2.24, 2.45) is 0 Å². The van der Waals surface area contributed by atoms with E-state index >= 15 is 0 Å². The highest BCUT2D eigenvalue weighted by molar-refractivity contribution is 9.10. The molecule has 0 N–H and O–H groups in total. The normalized spacial score (nSPS) is 18.5. The molecular formula is C22H25BrN4O3. The summed E-state index contributed by atoms with van der Waals surface area (Å²) in [6, 6.07) is 10.1. The summed E-state index contributed by atoms with van der Waals surface area (Å²) in [4.78, 5) is 9.30. The number of aromatic nitrogens is 4. The van der Waals surface area contributed by atoms with Gasteiger partial charge in [0.15, 0.2) is 17.3 Å². The van der Waals surface area contributed by atoms with E-state index in [1.54, 1.807) is 20.4 Å². The number of halogens is 1. The number of methoxy groups -OCH3 is 2. The third kappa shape index (κ3) is 4.34. The Morgan fingerprint density at radius 3 is 2.63 bits per heavy atom. The van der Waals surface area contributed by atoms with E-state index in [0.717, 1.165) is 58.9 Å². The second-order valence-corrected chi connectivity index (χ2v) is 8.19. The number of pyridine rings is 1. The maximum Gasteiger partial charge on any atom is 0.200 e. The van der Waals surface area contributed by atoms with Crippen molar-refractivity contribution in [2.45, 2.75) is 38.3 Å². The molecule has 30 heavy (non-hydrogen) atoms. The number of aryl methyl sites for hydroxylation is 2. The van der Waals surface area contributed by atoms with E-state index in [9.17, 15) is 0 Å². The standard InChI is InChI=1S/C22H25BrN4O3/c1-14-18(10-11-30-14)27-21(25-22(26-27)17-7-6-16(23)13-24-17)9-5-15-4-8-19(28-2)20(12-15)29-3/h4,6-8,12-14,18H,5,9-11H2,1-3H3. The van der Waals surface area contributed by atoms with Gasteiger partial charge in [-0.2, -0.15) is 0 Å². The second-order valence-electron chi connectivity index (χ2n) is 7.28. The Balaban J connectivity index is 1.61. The number of ether oxygens (including phenoxy) is 3. The summed E-state index contributed by atoms with van der Waals surface area (Å²) in [5.74, 6) is 3.04. The lowest BCUT2D eigenvalue weighted by molar-refractivity contribution is 0.104. The zero-order chi connectivity index (χ0) is 21.1. The first-order valence-electron chi connectivity index (χ1n) is 9.99. The Bertz CT molecular complexity index is 1010. The van der Waals surface area contributed by atoms with Gasteiger partial charge < -0.3 is 14.2 Å². The van der Waals surface area contributed by atoms with Gasteiger partial charge in [-0.15, -0.1) is 5.10 Å². The molecule has 1 aliphatic rings. The van der Waals surface area contributed by atoms with Crippen molar-refractivity contribution in [1.29, 1.82) is 0 Å². The van der Waals surface area contributed by atoms with Crippen molar-refractivity contribution in [3.8, 4) is 23.0 Å². The second kappa shape index (κ2) is 9.14. The van der Waals surface area contributed by atoms with Crippen LogP contribution in [0.4, 0.5) is 0 Å². The van der Waals surface area contributed by atoms with Gasteiger partial charge in [-0.05, 0) is 65.5 Å². The summed E-state index contributed by atoms with van der Waals surface area (Å²) < 4.78 is 19.5. The Hall–Kier alpha value is -2.45. The van der Waals surface area contributed by atoms with Crippen LogP contribution in [0.5, 0.6) is 11.5 Å². The summed E-state index contributed by atoms with van der Waals surface area (Å²) in [6.45, 7) is 2.84. The summed E-state index contributed by atoms with van der Waals surface area (Å²) in [5.41, 5.74) is 1.91. The number of benzene rings is 1. The minimum absolute atomic E-state index is 0.109. The number of rotatable bonds is 7. The van der Waals surface area contributed by atoms with E-state index in [0.29, 0.717) is 5.82 Å². The van der Waals surface area contributed by atoms with Crippen LogP contribution in [-0.4, -0.2) is 46.7 Å². The summed E-state index contributed by atoms with van der Waals surface area (Å²) in [6.07, 6.45) is 4.37. The fourth-order valence-electron chi connectivity index (χ4n) is 3.74. The molecular weight excluding hydrogens is 448 g/mol. The molecule has 7 nitrogen and oxygen atoms in total. The van der Waals surface area contributed by atoms with Crippen LogP contribution in [-0.2, 0) is 17.6 Å². The first-order chi connectivity index (χ1) is 14.6. The Kier molecular flexibility index (Phi) is 6.34. The molecule has 3 heterocycles. The van der Waals surface area contributed by atoms with Crippen LogP contribution in [0.2, 0.25) is 0 Å². The number of nitrogens with zero attached hydrogens (tertiary/aromatic N) is 4. The zero-order valence-electron chi connectivity index (χ0n) is 17.3. The molecule has 0 radical (unpaired) electrons. The van der Waals surface area contributed by atoms with Gasteiger partial charge in [-0.1, -0.05) is 6.07 Å². The van der Waals surface area contributed by atoms with Gasteiger partial charge in [-0.25, -0.2) is 9.67 Å². The van der Waals surface area contributed by atoms with Crippen LogP contribution in [0.3, 0.4) is 0 Å². The van der Waals surface area contributed by atoms with Crippen LogP contribution in [0.15, 0.2) is 41.0 Å². The van der Waals surface area contributed by atoms with Gasteiger partial charge in [0.1, 0.15) is 11.5 Å². The molecule has 0 spiro atoms. The molecule has 1 aliphatic heterocycles. The van der Waals surface area contributed by atoms with Crippen molar-refractivity contribution >= 4 is 15.9 Å². The SMILES string of the molecule is COc1ccc(CCc2nc(-c3ccc(Br)cn3)nn2C2CCOC2C)cc1OC. The van der Waals surface area contributed by atoms with Crippen molar-refractivity contribution in [2.75, 3.05) is 20.8 Å². The predicted octanol–water partition coefficient (Wildman–Crippen LogP) is 4.25. The van der Waals surface area contributed by atoms with Crippen molar-refractivity contribution in [3.63, 3.8) is 0 Å². The highest BCUT2D eigenvalue weighted by Crippen LogP contribution is 2.30. The topological polar surface area (TPSA) is 71.3 Å². The van der Waals surface area contributed by atoms with E-state index in [1.807, 2.05) is 28.9 Å². The molecule has 2 unspecified atom stereocenters. The van der Waals surface area contributed by atoms with E-state index in [2.05, 4.69) is 33.9 Å². The third-order valence-corrected chi connectivity index (χ3v) is 5.86. The zero-order valence-corrected chi connectivity index (χ0v) is 18.9. The summed E-state index contributed by atoms with van der Waals surface area (Å²) in [5, 5.41) is 4.82. The molecule has 0 amide bonds. The van der Waals surface area contributed by atoms with Crippen LogP contribution in [0.25, 0.3) is 11.5 Å². The van der Waals surface area contributed by atoms with E-state index < -0.39 is 0 Å². The van der Waals surface area contributed by atoms with Crippen LogP contribution in [0.1, 0.15) is 30.8 Å². The van der Waals surface area contributed by atoms with Crippen molar-refractivity contribution in [1.82, 2.24) is 19.7 Å². The van der Waals surface area contributed by atoms with Crippen LogP contribution in [0, 0.1) is 0 Å². The highest BCUT2D eigenvalue weighted by Gasteiger charge is 2.29. The van der Waals surface area contributed by atoms with Gasteiger partial charge in [0.2, 0.25) is 0 Å². The van der Waals surface area contributed by atoms with Gasteiger partial charge in [-0.3, -0.25) is 4.98 Å². The lowest BCUT2D eigenvalue weighted by Crippen LogP contribution is -2.20. The minimum atomic E-state index is 0.109. The molecule has 3 aromatic rings. The highest BCUT2D eigenvalue weighted by atomic mass is 79.9. The molecule has 1 fully saturated rings. The Morgan fingerprint density at radius 2 is 1.97 bits per heavy atom. The predicted molar refractivity (Wildman–Crippen MR) is 117 cm³/mol. The molecule has 4 rings (SSSR count). The Morgan fingerprint density at radius 1 is 1.13 bits per heavy atom. The average molecular weight is 473 g/mol. The van der Waals surface area contributed by atoms with Gasteiger partial charge in [0, 0.05) is 23.7 Å². The average Bonchev–Trinajstić information content (AvgIpc) is 3.38. The molecule has 0 aliphatic carbocycles. The monoisotopic (exact) mass is 472 g/mol. The largest absolute Gasteiger partial charge is 0.493 e. The molecule has 8 heteroatoms. The van der Waals surface area contributed by atoms with Gasteiger partial charge in [0.05, 0.1) is 26.4 Å². The van der Waals surface area contributed by atoms with Crippen LogP contribution >= 0.6 is 15.9 Å². The number of hydrogen-bond acceptors (Lipinski definition) is 6. The summed E-state index contributed by atoms with van der Waals surface area (Å²) in [7, 11) is 3.29. The molecule has 1 saturated heterocycles. The maximum absolute atomic E-state index is 5.78. The molecule has 2 aromatic heterocycles. The maximum atomic E-state index is 5.78. The molecule has 158 valence electrons. The van der Waals surface area contributed by atoms with Gasteiger partial charge in [0.25, 0.3) is 0 Å². The van der Waals surface area contributed by atoms with Crippen LogP contribution < -0.4 is 9.47 Å². The van der Waals surface area contributed by atoms with E-state index in [4.69, 9.17) is 24.3 Å². The fraction of sp³-hybridized carbons (Fsp3) is 0.409. The van der Waals surface area contributed by atoms with Gasteiger partial charge >= 0.3 is 0 Å². The lowest BCUT2D eigenvalue weighted by atomic mass is 10.1. The molecule has 2 atom stereocenters. The lowest BCUT2D eigenvalue weighted by Gasteiger charge is -2.16. The van der Waals surface area contributed by atoms with Crippen molar-refractivity contribution < 1.29 is 14.2 Å². The minimum Gasteiger partial charge on any atom is -0.493 e. The number of hydrogen-bond donors (Lipinski definition) is 0.